The number of terminal acetylenes is 1. The molecule has 45 heavy (non-hydrogen) atoms. The molecule has 228 valence electrons. The zero-order valence-corrected chi connectivity index (χ0v) is 24.2. The van der Waals surface area contributed by atoms with Gasteiger partial charge in [0, 0.05) is 55.6 Å². The standard InChI is InChI=1S/C33H28F3N7O2/c1-2-22-25(35)5-4-19-12-21(44)13-23(27(19)22)29-28(36)30-24(15-38-29)31(42-11-10-41-9-7-37-26(41)17-42)40-32(39-30)45-18-33-6-3-8-43(33)16-20(34)14-33/h1,4-5,7,9,12-13,15,20,44H,3,6,8,10-11,14,16-18H2/t20-,33+/m1/s1. The van der Waals surface area contributed by atoms with Gasteiger partial charge in [-0.25, -0.2) is 18.2 Å². The Kier molecular flexibility index (Phi) is 6.35. The van der Waals surface area contributed by atoms with Crippen LogP contribution in [0.15, 0.2) is 42.9 Å². The quantitative estimate of drug-likeness (QED) is 0.278. The van der Waals surface area contributed by atoms with Crippen molar-refractivity contribution >= 4 is 27.5 Å². The van der Waals surface area contributed by atoms with Crippen LogP contribution in [0.1, 0.15) is 30.7 Å². The number of fused-ring (bicyclic) bond motifs is 4. The first-order chi connectivity index (χ1) is 21.8. The number of anilines is 1. The van der Waals surface area contributed by atoms with E-state index in [2.05, 4.69) is 25.8 Å². The minimum Gasteiger partial charge on any atom is -0.508 e. The van der Waals surface area contributed by atoms with Gasteiger partial charge >= 0.3 is 6.01 Å². The Bertz CT molecular complexity index is 2040. The highest BCUT2D eigenvalue weighted by molar-refractivity contribution is 6.03. The number of rotatable bonds is 5. The van der Waals surface area contributed by atoms with Crippen molar-refractivity contribution in [2.24, 2.45) is 0 Å². The van der Waals surface area contributed by atoms with E-state index in [0.717, 1.165) is 25.2 Å². The molecule has 2 aromatic carbocycles. The first-order valence-electron chi connectivity index (χ1n) is 14.9. The van der Waals surface area contributed by atoms with E-state index in [4.69, 9.17) is 16.1 Å². The Morgan fingerprint density at radius 3 is 2.89 bits per heavy atom. The van der Waals surface area contributed by atoms with Crippen molar-refractivity contribution in [2.45, 2.75) is 44.1 Å². The number of phenols is 1. The van der Waals surface area contributed by atoms with Crippen molar-refractivity contribution < 1.29 is 23.0 Å². The molecule has 1 N–H and O–H groups in total. The number of nitrogens with zero attached hydrogens (tertiary/aromatic N) is 7. The Hall–Kier alpha value is -4.89. The molecular weight excluding hydrogens is 583 g/mol. The monoisotopic (exact) mass is 611 g/mol. The number of phenolic OH excluding ortho intramolecular Hbond substituents is 1. The Morgan fingerprint density at radius 2 is 2.02 bits per heavy atom. The molecule has 8 rings (SSSR count). The third kappa shape index (κ3) is 4.44. The van der Waals surface area contributed by atoms with Crippen LogP contribution in [0.25, 0.3) is 32.9 Å². The summed E-state index contributed by atoms with van der Waals surface area (Å²) < 4.78 is 54.2. The van der Waals surface area contributed by atoms with Crippen molar-refractivity contribution in [3.8, 4) is 35.4 Å². The molecule has 0 bridgehead atoms. The number of ether oxygens (including phenoxy) is 1. The fourth-order valence-electron chi connectivity index (χ4n) is 7.27. The molecule has 0 unspecified atom stereocenters. The number of hydrogen-bond donors (Lipinski definition) is 1. The number of imidazole rings is 1. The second-order valence-corrected chi connectivity index (χ2v) is 12.0. The maximum absolute atomic E-state index is 16.7. The number of halogens is 3. The summed E-state index contributed by atoms with van der Waals surface area (Å²) in [7, 11) is 0. The SMILES string of the molecule is C#Cc1c(F)ccc2cc(O)cc(-c3ncc4c(N5CCn6ccnc6C5)nc(OC[C@@]56CCCN5C[C@H](F)C6)nc4c3F)c12. The van der Waals surface area contributed by atoms with E-state index in [1.165, 1.54) is 30.5 Å². The Morgan fingerprint density at radius 1 is 1.13 bits per heavy atom. The number of hydrogen-bond acceptors (Lipinski definition) is 8. The molecule has 0 saturated carbocycles. The topological polar surface area (TPSA) is 92.4 Å². The van der Waals surface area contributed by atoms with Gasteiger partial charge in [-0.2, -0.15) is 9.97 Å². The summed E-state index contributed by atoms with van der Waals surface area (Å²) in [6, 6.07) is 5.38. The predicted molar refractivity (Wildman–Crippen MR) is 162 cm³/mol. The highest BCUT2D eigenvalue weighted by atomic mass is 19.1. The number of pyridine rings is 1. The summed E-state index contributed by atoms with van der Waals surface area (Å²) >= 11 is 0. The van der Waals surface area contributed by atoms with Gasteiger partial charge in [0.2, 0.25) is 0 Å². The van der Waals surface area contributed by atoms with Crippen LogP contribution in [0.5, 0.6) is 11.8 Å². The molecule has 3 aromatic heterocycles. The first-order valence-corrected chi connectivity index (χ1v) is 14.9. The molecule has 0 spiro atoms. The number of aromatic hydroxyl groups is 1. The van der Waals surface area contributed by atoms with Gasteiger partial charge in [0.15, 0.2) is 5.82 Å². The van der Waals surface area contributed by atoms with Crippen molar-refractivity contribution in [2.75, 3.05) is 31.1 Å². The fraction of sp³-hybridized carbons (Fsp3) is 0.333. The van der Waals surface area contributed by atoms with Crippen molar-refractivity contribution in [3.05, 3.63) is 65.9 Å². The summed E-state index contributed by atoms with van der Waals surface area (Å²) in [4.78, 5) is 22.3. The zero-order valence-electron chi connectivity index (χ0n) is 24.2. The van der Waals surface area contributed by atoms with Crippen molar-refractivity contribution in [1.29, 1.82) is 0 Å². The molecule has 0 aliphatic carbocycles. The van der Waals surface area contributed by atoms with Gasteiger partial charge in [-0.3, -0.25) is 9.88 Å². The maximum atomic E-state index is 16.7. The van der Waals surface area contributed by atoms with Gasteiger partial charge in [0.05, 0.1) is 23.0 Å². The van der Waals surface area contributed by atoms with Gasteiger partial charge in [-0.05, 0) is 43.0 Å². The molecule has 12 heteroatoms. The fourth-order valence-corrected chi connectivity index (χ4v) is 7.27. The molecule has 3 aliphatic rings. The number of alkyl halides is 1. The van der Waals surface area contributed by atoms with Crippen LogP contribution in [-0.2, 0) is 13.1 Å². The molecule has 0 radical (unpaired) electrons. The van der Waals surface area contributed by atoms with Gasteiger partial charge in [-0.15, -0.1) is 6.42 Å². The second-order valence-electron chi connectivity index (χ2n) is 12.0. The van der Waals surface area contributed by atoms with E-state index >= 15 is 4.39 Å². The summed E-state index contributed by atoms with van der Waals surface area (Å²) in [5.41, 5.74) is -0.610. The second kappa shape index (κ2) is 10.3. The lowest BCUT2D eigenvalue weighted by atomic mass is 9.95. The summed E-state index contributed by atoms with van der Waals surface area (Å²) in [5.74, 6) is 2.00. The third-order valence-electron chi connectivity index (χ3n) is 9.37. The lowest BCUT2D eigenvalue weighted by Crippen LogP contribution is -2.43. The van der Waals surface area contributed by atoms with Crippen LogP contribution in [0, 0.1) is 24.0 Å². The molecule has 6 heterocycles. The average Bonchev–Trinajstić information content (AvgIpc) is 3.73. The average molecular weight is 612 g/mol. The largest absolute Gasteiger partial charge is 0.508 e. The molecule has 5 aromatic rings. The van der Waals surface area contributed by atoms with Crippen LogP contribution < -0.4 is 9.64 Å². The summed E-state index contributed by atoms with van der Waals surface area (Å²) in [5, 5.41) is 11.5. The van der Waals surface area contributed by atoms with Gasteiger partial charge in [-0.1, -0.05) is 12.0 Å². The Labute approximate surface area is 256 Å². The van der Waals surface area contributed by atoms with Crippen molar-refractivity contribution in [1.82, 2.24) is 29.4 Å². The number of aromatic nitrogens is 5. The van der Waals surface area contributed by atoms with Crippen LogP contribution in [0.3, 0.4) is 0 Å². The van der Waals surface area contributed by atoms with E-state index in [0.29, 0.717) is 49.2 Å². The van der Waals surface area contributed by atoms with Crippen molar-refractivity contribution in [3.63, 3.8) is 0 Å². The van der Waals surface area contributed by atoms with Crippen LogP contribution in [0.2, 0.25) is 0 Å². The molecule has 3 aliphatic heterocycles. The highest BCUT2D eigenvalue weighted by Gasteiger charge is 2.49. The minimum absolute atomic E-state index is 0.0397. The Balaban J connectivity index is 1.28. The molecule has 2 fully saturated rings. The third-order valence-corrected chi connectivity index (χ3v) is 9.37. The lowest BCUT2D eigenvalue weighted by molar-refractivity contribution is 0.107. The van der Waals surface area contributed by atoms with E-state index in [1.807, 2.05) is 15.7 Å². The van der Waals surface area contributed by atoms with Gasteiger partial charge in [0.1, 0.15) is 47.2 Å². The van der Waals surface area contributed by atoms with Crippen LogP contribution in [-0.4, -0.2) is 72.5 Å². The van der Waals surface area contributed by atoms with E-state index in [-0.39, 0.29) is 46.1 Å². The normalized spacial score (nSPS) is 21.3. The van der Waals surface area contributed by atoms with Gasteiger partial charge < -0.3 is 19.3 Å². The molecule has 0 amide bonds. The molecule has 2 saturated heterocycles. The maximum Gasteiger partial charge on any atom is 0.319 e. The van der Waals surface area contributed by atoms with Crippen LogP contribution >= 0.6 is 0 Å². The van der Waals surface area contributed by atoms with E-state index < -0.39 is 23.3 Å². The zero-order chi connectivity index (χ0) is 30.9. The molecule has 9 nitrogen and oxygen atoms in total. The summed E-state index contributed by atoms with van der Waals surface area (Å²) in [6.07, 6.45) is 12.0. The lowest BCUT2D eigenvalue weighted by Gasteiger charge is -2.31. The highest BCUT2D eigenvalue weighted by Crippen LogP contribution is 2.42. The van der Waals surface area contributed by atoms with Gasteiger partial charge in [0.25, 0.3) is 0 Å². The van der Waals surface area contributed by atoms with E-state index in [1.54, 1.807) is 6.20 Å². The number of benzene rings is 2. The molecule has 2 atom stereocenters. The molecular formula is C33H28F3N7O2. The summed E-state index contributed by atoms with van der Waals surface area (Å²) in [6.45, 7) is 2.99. The predicted octanol–water partition coefficient (Wildman–Crippen LogP) is 4.98. The van der Waals surface area contributed by atoms with E-state index in [9.17, 15) is 13.9 Å². The minimum atomic E-state index is -0.931. The smallest absolute Gasteiger partial charge is 0.319 e. The first kappa shape index (κ1) is 27.6. The van der Waals surface area contributed by atoms with Crippen LogP contribution in [0.4, 0.5) is 19.0 Å².